The van der Waals surface area contributed by atoms with Crippen LogP contribution >= 0.6 is 11.8 Å². The van der Waals surface area contributed by atoms with E-state index in [2.05, 4.69) is 18.2 Å². The second-order valence-corrected chi connectivity index (χ2v) is 5.36. The number of nitrogens with zero attached hydrogens (tertiary/aromatic N) is 2. The van der Waals surface area contributed by atoms with Gasteiger partial charge in [0.25, 0.3) is 0 Å². The van der Waals surface area contributed by atoms with Crippen LogP contribution in [-0.2, 0) is 4.74 Å². The highest BCUT2D eigenvalue weighted by Crippen LogP contribution is 2.26. The van der Waals surface area contributed by atoms with Crippen molar-refractivity contribution in [1.29, 1.82) is 0 Å². The molecule has 1 aromatic heterocycles. The first kappa shape index (κ1) is 16.6. The zero-order chi connectivity index (χ0) is 15.1. The van der Waals surface area contributed by atoms with Gasteiger partial charge in [-0.2, -0.15) is 11.8 Å². The van der Waals surface area contributed by atoms with Crippen molar-refractivity contribution in [3.8, 4) is 0 Å². The Bertz CT molecular complexity index is 454. The lowest BCUT2D eigenvalue weighted by atomic mass is 10.2. The molecular formula is C14H23N3O2S. The SMILES string of the molecule is CCOC(=O)c1ccnc(N(C)C(CC)CSC)c1N. The van der Waals surface area contributed by atoms with Gasteiger partial charge in [0.1, 0.15) is 0 Å². The Hall–Kier alpha value is -1.43. The Morgan fingerprint density at radius 2 is 2.25 bits per heavy atom. The van der Waals surface area contributed by atoms with Crippen molar-refractivity contribution in [2.24, 2.45) is 0 Å². The fraction of sp³-hybridized carbons (Fsp3) is 0.571. The van der Waals surface area contributed by atoms with Gasteiger partial charge in [0.2, 0.25) is 0 Å². The fourth-order valence-electron chi connectivity index (χ4n) is 2.00. The number of thioether (sulfide) groups is 1. The van der Waals surface area contributed by atoms with E-state index in [9.17, 15) is 4.79 Å². The van der Waals surface area contributed by atoms with Crippen LogP contribution in [0.3, 0.4) is 0 Å². The first-order chi connectivity index (χ1) is 9.56. The van der Waals surface area contributed by atoms with Crippen molar-refractivity contribution in [3.63, 3.8) is 0 Å². The van der Waals surface area contributed by atoms with E-state index in [1.165, 1.54) is 0 Å². The maximum atomic E-state index is 11.9. The number of nitrogens with two attached hydrogens (primary N) is 1. The van der Waals surface area contributed by atoms with E-state index >= 15 is 0 Å². The molecule has 1 rings (SSSR count). The highest BCUT2D eigenvalue weighted by molar-refractivity contribution is 7.98. The van der Waals surface area contributed by atoms with Crippen LogP contribution in [0.5, 0.6) is 0 Å². The van der Waals surface area contributed by atoms with Gasteiger partial charge in [0, 0.05) is 25.0 Å². The zero-order valence-corrected chi connectivity index (χ0v) is 13.4. The lowest BCUT2D eigenvalue weighted by Gasteiger charge is -2.29. The van der Waals surface area contributed by atoms with Gasteiger partial charge in [-0.05, 0) is 25.7 Å². The topological polar surface area (TPSA) is 68.5 Å². The summed E-state index contributed by atoms with van der Waals surface area (Å²) in [6, 6.07) is 1.93. The highest BCUT2D eigenvalue weighted by atomic mass is 32.2. The van der Waals surface area contributed by atoms with E-state index in [4.69, 9.17) is 10.5 Å². The molecule has 0 aliphatic rings. The Kier molecular flexibility index (Phi) is 6.64. The summed E-state index contributed by atoms with van der Waals surface area (Å²) in [4.78, 5) is 18.2. The van der Waals surface area contributed by atoms with Crippen molar-refractivity contribution in [1.82, 2.24) is 4.98 Å². The molecule has 5 nitrogen and oxygen atoms in total. The summed E-state index contributed by atoms with van der Waals surface area (Å²) in [7, 11) is 1.96. The van der Waals surface area contributed by atoms with Crippen molar-refractivity contribution in [2.45, 2.75) is 26.3 Å². The minimum absolute atomic E-state index is 0.329. The number of nitrogen functional groups attached to an aromatic ring is 1. The summed E-state index contributed by atoms with van der Waals surface area (Å²) in [6.07, 6.45) is 4.66. The van der Waals surface area contributed by atoms with Crippen molar-refractivity contribution < 1.29 is 9.53 Å². The van der Waals surface area contributed by atoms with Gasteiger partial charge in [0.15, 0.2) is 5.82 Å². The quantitative estimate of drug-likeness (QED) is 0.780. The van der Waals surface area contributed by atoms with Crippen LogP contribution < -0.4 is 10.6 Å². The summed E-state index contributed by atoms with van der Waals surface area (Å²) in [5.41, 5.74) is 6.85. The standard InChI is InChI=1S/C14H23N3O2S/c1-5-10(9-20-4)17(3)13-12(15)11(7-8-16-13)14(18)19-6-2/h7-8,10H,5-6,9,15H2,1-4H3. The number of pyridine rings is 1. The largest absolute Gasteiger partial charge is 0.462 e. The van der Waals surface area contributed by atoms with Gasteiger partial charge in [-0.3, -0.25) is 0 Å². The molecule has 1 aromatic rings. The molecule has 0 aromatic carbocycles. The molecule has 0 aliphatic heterocycles. The van der Waals surface area contributed by atoms with Crippen molar-refractivity contribution in [3.05, 3.63) is 17.8 Å². The van der Waals surface area contributed by atoms with Gasteiger partial charge in [-0.15, -0.1) is 0 Å². The second-order valence-electron chi connectivity index (χ2n) is 4.44. The number of carbonyl (C=O) groups is 1. The molecule has 0 amide bonds. The normalized spacial score (nSPS) is 12.0. The van der Waals surface area contributed by atoms with E-state index in [1.807, 2.05) is 11.9 Å². The highest BCUT2D eigenvalue weighted by Gasteiger charge is 2.20. The smallest absolute Gasteiger partial charge is 0.340 e. The van der Waals surface area contributed by atoms with Crippen LogP contribution in [0.15, 0.2) is 12.3 Å². The lowest BCUT2D eigenvalue weighted by molar-refractivity contribution is 0.0527. The molecule has 0 fully saturated rings. The molecular weight excluding hydrogens is 274 g/mol. The minimum Gasteiger partial charge on any atom is -0.462 e. The Labute approximate surface area is 124 Å². The number of hydrogen-bond acceptors (Lipinski definition) is 6. The third-order valence-electron chi connectivity index (χ3n) is 3.18. The van der Waals surface area contributed by atoms with Crippen LogP contribution in [0.25, 0.3) is 0 Å². The molecule has 0 saturated heterocycles. The maximum absolute atomic E-state index is 11.9. The van der Waals surface area contributed by atoms with Crippen molar-refractivity contribution >= 4 is 29.2 Å². The molecule has 0 spiro atoms. The van der Waals surface area contributed by atoms with Crippen LogP contribution in [0.1, 0.15) is 30.6 Å². The molecule has 1 unspecified atom stereocenters. The molecule has 1 heterocycles. The Morgan fingerprint density at radius 3 is 2.80 bits per heavy atom. The molecule has 0 saturated carbocycles. The van der Waals surface area contributed by atoms with Crippen molar-refractivity contribution in [2.75, 3.05) is 36.3 Å². The summed E-state index contributed by atoms with van der Waals surface area (Å²) in [5.74, 6) is 1.22. The second kappa shape index (κ2) is 7.99. The van der Waals surface area contributed by atoms with Crippen LogP contribution in [0, 0.1) is 0 Å². The Morgan fingerprint density at radius 1 is 1.55 bits per heavy atom. The number of esters is 1. The van der Waals surface area contributed by atoms with Crippen LogP contribution in [0.4, 0.5) is 11.5 Å². The molecule has 1 atom stereocenters. The van der Waals surface area contributed by atoms with Gasteiger partial charge in [0.05, 0.1) is 17.9 Å². The van der Waals surface area contributed by atoms with Gasteiger partial charge in [-0.25, -0.2) is 9.78 Å². The molecule has 6 heteroatoms. The molecule has 2 N–H and O–H groups in total. The fourth-order valence-corrected chi connectivity index (χ4v) is 2.84. The van der Waals surface area contributed by atoms with E-state index in [0.717, 1.165) is 12.2 Å². The number of rotatable bonds is 7. The summed E-state index contributed by atoms with van der Waals surface area (Å²) >= 11 is 1.78. The van der Waals surface area contributed by atoms with Gasteiger partial charge < -0.3 is 15.4 Å². The van der Waals surface area contributed by atoms with Gasteiger partial charge in [-0.1, -0.05) is 6.92 Å². The molecule has 0 aliphatic carbocycles. The number of hydrogen-bond donors (Lipinski definition) is 1. The number of carbonyl (C=O) groups excluding carboxylic acids is 1. The monoisotopic (exact) mass is 297 g/mol. The predicted molar refractivity (Wildman–Crippen MR) is 85.5 cm³/mol. The predicted octanol–water partition coefficient (Wildman–Crippen LogP) is 2.42. The Balaban J connectivity index is 3.06. The van der Waals surface area contributed by atoms with E-state index < -0.39 is 5.97 Å². The minimum atomic E-state index is -0.403. The summed E-state index contributed by atoms with van der Waals surface area (Å²) in [5, 5.41) is 0. The van der Waals surface area contributed by atoms with Gasteiger partial charge >= 0.3 is 5.97 Å². The number of anilines is 2. The van der Waals surface area contributed by atoms with E-state index in [1.54, 1.807) is 30.9 Å². The first-order valence-electron chi connectivity index (χ1n) is 6.70. The number of aromatic nitrogens is 1. The molecule has 112 valence electrons. The summed E-state index contributed by atoms with van der Waals surface area (Å²) in [6.45, 7) is 4.23. The lowest BCUT2D eigenvalue weighted by Crippen LogP contribution is -2.34. The molecule has 0 radical (unpaired) electrons. The maximum Gasteiger partial charge on any atom is 0.340 e. The van der Waals surface area contributed by atoms with Crippen LogP contribution in [-0.4, -0.2) is 42.7 Å². The third kappa shape index (κ3) is 3.79. The molecule has 0 bridgehead atoms. The summed E-state index contributed by atoms with van der Waals surface area (Å²) < 4.78 is 5.01. The first-order valence-corrected chi connectivity index (χ1v) is 8.09. The zero-order valence-electron chi connectivity index (χ0n) is 12.5. The average molecular weight is 297 g/mol. The van der Waals surface area contributed by atoms with Crippen LogP contribution in [0.2, 0.25) is 0 Å². The third-order valence-corrected chi connectivity index (χ3v) is 3.89. The number of ether oxygens (including phenoxy) is 1. The average Bonchev–Trinajstić information content (AvgIpc) is 2.44. The van der Waals surface area contributed by atoms with E-state index in [-0.39, 0.29) is 0 Å². The molecule has 20 heavy (non-hydrogen) atoms. The van der Waals surface area contributed by atoms with E-state index in [0.29, 0.717) is 29.7 Å².